The van der Waals surface area contributed by atoms with Crippen LogP contribution in [0.4, 0.5) is 5.69 Å². The van der Waals surface area contributed by atoms with E-state index >= 15 is 0 Å². The summed E-state index contributed by atoms with van der Waals surface area (Å²) in [7, 11) is 1.48. The van der Waals surface area contributed by atoms with Crippen molar-refractivity contribution in [2.24, 2.45) is 0 Å². The van der Waals surface area contributed by atoms with Gasteiger partial charge in [0.05, 0.1) is 23.9 Å². The molecule has 3 aromatic carbocycles. The lowest BCUT2D eigenvalue weighted by Crippen LogP contribution is -2.31. The summed E-state index contributed by atoms with van der Waals surface area (Å²) in [4.78, 5) is 32.2. The van der Waals surface area contributed by atoms with Gasteiger partial charge in [0.15, 0.2) is 5.69 Å². The lowest BCUT2D eigenvalue weighted by molar-refractivity contribution is 0.0696. The Labute approximate surface area is 230 Å². The molecule has 9 heteroatoms. The van der Waals surface area contributed by atoms with Gasteiger partial charge in [0.1, 0.15) is 17.6 Å². The van der Waals surface area contributed by atoms with E-state index < -0.39 is 12.0 Å². The first-order valence-corrected chi connectivity index (χ1v) is 12.8. The standard InChI is InChI=1S/C29H25Cl2N3O4/c1-15(2)33-26-24(32-27(33)21-12-8-18(29(36)37)13-23(21)38-4)28(35)34(22-14-20(31)9-5-16(22)3)25(26)17-6-10-19(30)11-7-17/h5-15,25H,1-4H3,(H,36,37). The first kappa shape index (κ1) is 25.8. The fourth-order valence-corrected chi connectivity index (χ4v) is 5.27. The summed E-state index contributed by atoms with van der Waals surface area (Å²) in [6, 6.07) is 16.9. The van der Waals surface area contributed by atoms with E-state index in [4.69, 9.17) is 32.9 Å². The lowest BCUT2D eigenvalue weighted by atomic mass is 10.0. The second-order valence-corrected chi connectivity index (χ2v) is 10.3. The van der Waals surface area contributed by atoms with E-state index in [2.05, 4.69) is 0 Å². The second-order valence-electron chi connectivity index (χ2n) is 9.41. The van der Waals surface area contributed by atoms with Crippen LogP contribution in [0, 0.1) is 6.92 Å². The van der Waals surface area contributed by atoms with E-state index in [1.165, 1.54) is 19.2 Å². The molecular formula is C29H25Cl2N3O4. The number of amides is 1. The fourth-order valence-electron chi connectivity index (χ4n) is 4.98. The van der Waals surface area contributed by atoms with Crippen LogP contribution in [-0.2, 0) is 0 Å². The van der Waals surface area contributed by atoms with Crippen molar-refractivity contribution in [1.29, 1.82) is 0 Å². The number of carboxylic acid groups (broad SMARTS) is 1. The average Bonchev–Trinajstić information content (AvgIpc) is 3.40. The third kappa shape index (κ3) is 4.22. The topological polar surface area (TPSA) is 84.7 Å². The molecule has 1 amide bonds. The zero-order chi connectivity index (χ0) is 27.3. The van der Waals surface area contributed by atoms with Crippen LogP contribution in [0.2, 0.25) is 10.0 Å². The number of hydrogen-bond acceptors (Lipinski definition) is 4. The van der Waals surface area contributed by atoms with Crippen LogP contribution in [0.15, 0.2) is 60.7 Å². The molecule has 0 radical (unpaired) electrons. The number of imidazole rings is 1. The number of aromatic nitrogens is 2. The van der Waals surface area contributed by atoms with E-state index in [0.29, 0.717) is 38.6 Å². The molecular weight excluding hydrogens is 525 g/mol. The number of anilines is 1. The van der Waals surface area contributed by atoms with Gasteiger partial charge in [-0.25, -0.2) is 9.78 Å². The number of carbonyl (C=O) groups is 2. The predicted octanol–water partition coefficient (Wildman–Crippen LogP) is 7.20. The number of ether oxygens (including phenoxy) is 1. The molecule has 0 spiro atoms. The van der Waals surface area contributed by atoms with Gasteiger partial charge in [-0.1, -0.05) is 41.4 Å². The van der Waals surface area contributed by atoms with Crippen molar-refractivity contribution in [3.8, 4) is 17.1 Å². The molecule has 5 rings (SSSR count). The first-order valence-electron chi connectivity index (χ1n) is 12.0. The van der Waals surface area contributed by atoms with Crippen LogP contribution >= 0.6 is 23.2 Å². The third-order valence-corrected chi connectivity index (χ3v) is 7.20. The maximum atomic E-state index is 14.1. The summed E-state index contributed by atoms with van der Waals surface area (Å²) in [6.07, 6.45) is 0. The number of hydrogen-bond donors (Lipinski definition) is 1. The maximum Gasteiger partial charge on any atom is 0.335 e. The van der Waals surface area contributed by atoms with Gasteiger partial charge in [0.2, 0.25) is 0 Å². The number of aromatic carboxylic acids is 1. The Kier molecular flexibility index (Phi) is 6.67. The Bertz CT molecular complexity index is 1580. The van der Waals surface area contributed by atoms with Crippen LogP contribution in [0.3, 0.4) is 0 Å². The van der Waals surface area contributed by atoms with Crippen molar-refractivity contribution in [1.82, 2.24) is 9.55 Å². The second kappa shape index (κ2) is 9.82. The summed E-state index contributed by atoms with van der Waals surface area (Å²) in [5, 5.41) is 10.6. The van der Waals surface area contributed by atoms with Gasteiger partial charge >= 0.3 is 5.97 Å². The molecule has 0 saturated heterocycles. The molecule has 0 fully saturated rings. The van der Waals surface area contributed by atoms with Crippen molar-refractivity contribution in [3.05, 3.63) is 98.8 Å². The Morgan fingerprint density at radius 1 is 1.03 bits per heavy atom. The number of fused-ring (bicyclic) bond motifs is 1. The summed E-state index contributed by atoms with van der Waals surface area (Å²) in [6.45, 7) is 5.96. The molecule has 0 saturated carbocycles. The van der Waals surface area contributed by atoms with Gasteiger partial charge in [0, 0.05) is 21.8 Å². The number of halogens is 2. The number of carboxylic acids is 1. The average molecular weight is 550 g/mol. The minimum absolute atomic E-state index is 0.0897. The van der Waals surface area contributed by atoms with Crippen molar-refractivity contribution in [2.75, 3.05) is 12.0 Å². The lowest BCUT2D eigenvalue weighted by Gasteiger charge is -2.29. The van der Waals surface area contributed by atoms with Crippen LogP contribution in [0.1, 0.15) is 63.6 Å². The van der Waals surface area contributed by atoms with Crippen molar-refractivity contribution < 1.29 is 19.4 Å². The Morgan fingerprint density at radius 3 is 2.34 bits per heavy atom. The molecule has 1 unspecified atom stereocenters. The fraction of sp³-hybridized carbons (Fsp3) is 0.207. The Morgan fingerprint density at radius 2 is 1.71 bits per heavy atom. The maximum absolute atomic E-state index is 14.1. The molecule has 4 aromatic rings. The van der Waals surface area contributed by atoms with E-state index in [1.807, 2.05) is 43.5 Å². The minimum Gasteiger partial charge on any atom is -0.496 e. The van der Waals surface area contributed by atoms with E-state index in [1.54, 1.807) is 35.2 Å². The van der Waals surface area contributed by atoms with Crippen molar-refractivity contribution in [3.63, 3.8) is 0 Å². The number of carbonyl (C=O) groups excluding carboxylic acids is 1. The quantitative estimate of drug-likeness (QED) is 0.274. The zero-order valence-corrected chi connectivity index (χ0v) is 22.7. The summed E-state index contributed by atoms with van der Waals surface area (Å²) in [5.74, 6) is -0.441. The molecule has 1 atom stereocenters. The van der Waals surface area contributed by atoms with E-state index in [9.17, 15) is 14.7 Å². The molecule has 2 heterocycles. The molecule has 1 N–H and O–H groups in total. The normalized spacial score (nSPS) is 14.8. The van der Waals surface area contributed by atoms with Crippen LogP contribution < -0.4 is 9.64 Å². The van der Waals surface area contributed by atoms with Gasteiger partial charge in [-0.3, -0.25) is 9.69 Å². The number of methoxy groups -OCH3 is 1. The Hall–Kier alpha value is -3.81. The molecule has 0 bridgehead atoms. The van der Waals surface area contributed by atoms with Gasteiger partial charge in [-0.2, -0.15) is 0 Å². The van der Waals surface area contributed by atoms with Gasteiger partial charge in [-0.05, 0) is 74.4 Å². The number of rotatable bonds is 6. The highest BCUT2D eigenvalue weighted by molar-refractivity contribution is 6.31. The van der Waals surface area contributed by atoms with Gasteiger partial charge in [-0.15, -0.1) is 0 Å². The van der Waals surface area contributed by atoms with Crippen LogP contribution in [0.5, 0.6) is 5.75 Å². The molecule has 194 valence electrons. The summed E-state index contributed by atoms with van der Waals surface area (Å²) in [5.41, 5.74) is 4.19. The monoisotopic (exact) mass is 549 g/mol. The zero-order valence-electron chi connectivity index (χ0n) is 21.2. The largest absolute Gasteiger partial charge is 0.496 e. The van der Waals surface area contributed by atoms with Gasteiger partial charge in [0.25, 0.3) is 5.91 Å². The van der Waals surface area contributed by atoms with Gasteiger partial charge < -0.3 is 14.4 Å². The molecule has 1 aliphatic heterocycles. The number of benzene rings is 3. The highest BCUT2D eigenvalue weighted by Crippen LogP contribution is 2.46. The molecule has 0 aliphatic carbocycles. The highest BCUT2D eigenvalue weighted by atomic mass is 35.5. The van der Waals surface area contributed by atoms with Crippen LogP contribution in [-0.4, -0.2) is 33.6 Å². The predicted molar refractivity (Wildman–Crippen MR) is 148 cm³/mol. The SMILES string of the molecule is COc1cc(C(=O)O)ccc1-c1nc2c(n1C(C)C)C(c1ccc(Cl)cc1)N(c1cc(Cl)ccc1C)C2=O. The minimum atomic E-state index is -1.06. The molecule has 38 heavy (non-hydrogen) atoms. The van der Waals surface area contributed by atoms with Crippen molar-refractivity contribution in [2.45, 2.75) is 32.9 Å². The Balaban J connectivity index is 1.79. The number of aryl methyl sites for hydroxylation is 1. The van der Waals surface area contributed by atoms with Crippen molar-refractivity contribution >= 4 is 40.8 Å². The third-order valence-electron chi connectivity index (χ3n) is 6.71. The smallest absolute Gasteiger partial charge is 0.335 e. The van der Waals surface area contributed by atoms with Crippen LogP contribution in [0.25, 0.3) is 11.4 Å². The van der Waals surface area contributed by atoms with E-state index in [0.717, 1.165) is 16.8 Å². The summed E-state index contributed by atoms with van der Waals surface area (Å²) >= 11 is 12.6. The van der Waals surface area contributed by atoms with E-state index in [-0.39, 0.29) is 17.5 Å². The molecule has 7 nitrogen and oxygen atoms in total. The summed E-state index contributed by atoms with van der Waals surface area (Å²) < 4.78 is 7.57. The molecule has 1 aromatic heterocycles. The molecule has 1 aliphatic rings. The highest BCUT2D eigenvalue weighted by Gasteiger charge is 2.45. The first-order chi connectivity index (χ1) is 18.1. The number of nitrogens with zero attached hydrogens (tertiary/aromatic N) is 3.